The average Bonchev–Trinajstić information content (AvgIpc) is 2.96. The Morgan fingerprint density at radius 2 is 2.11 bits per heavy atom. The van der Waals surface area contributed by atoms with Crippen molar-refractivity contribution in [3.63, 3.8) is 0 Å². The zero-order valence-electron chi connectivity index (χ0n) is 10.3. The molecule has 1 aliphatic rings. The summed E-state index contributed by atoms with van der Waals surface area (Å²) in [4.78, 5) is 25.3. The molecule has 7 heteroatoms. The van der Waals surface area contributed by atoms with Crippen LogP contribution in [0.2, 0.25) is 0 Å². The molecule has 0 atom stereocenters. The van der Waals surface area contributed by atoms with Crippen LogP contribution in [0.15, 0.2) is 6.20 Å². The molecule has 2 heterocycles. The Morgan fingerprint density at radius 1 is 1.44 bits per heavy atom. The highest BCUT2D eigenvalue weighted by Gasteiger charge is 2.20. The summed E-state index contributed by atoms with van der Waals surface area (Å²) in [6.07, 6.45) is 3.49. The van der Waals surface area contributed by atoms with E-state index >= 15 is 0 Å². The number of carbonyl (C=O) groups is 2. The number of nitrogen functional groups attached to an aromatic ring is 1. The lowest BCUT2D eigenvalue weighted by atomic mass is 10.3. The Balaban J connectivity index is 1.90. The van der Waals surface area contributed by atoms with E-state index in [1.54, 1.807) is 11.9 Å². The molecule has 18 heavy (non-hydrogen) atoms. The van der Waals surface area contributed by atoms with Crippen molar-refractivity contribution in [3.05, 3.63) is 11.9 Å². The quantitative estimate of drug-likeness (QED) is 0.747. The predicted octanol–water partition coefficient (Wildman–Crippen LogP) is -0.645. The highest BCUT2D eigenvalue weighted by molar-refractivity contribution is 5.99. The molecule has 1 saturated heterocycles. The van der Waals surface area contributed by atoms with Crippen LogP contribution in [0.3, 0.4) is 0 Å². The van der Waals surface area contributed by atoms with Crippen LogP contribution in [0, 0.1) is 0 Å². The van der Waals surface area contributed by atoms with Gasteiger partial charge in [-0.05, 0) is 12.8 Å². The van der Waals surface area contributed by atoms with Crippen LogP contribution in [0.5, 0.6) is 0 Å². The van der Waals surface area contributed by atoms with Gasteiger partial charge in [-0.1, -0.05) is 0 Å². The fourth-order valence-corrected chi connectivity index (χ4v) is 2.05. The fourth-order valence-electron chi connectivity index (χ4n) is 2.05. The number of nitrogens with one attached hydrogen (secondary N) is 1. The number of nitrogens with two attached hydrogens (primary N) is 1. The first-order chi connectivity index (χ1) is 8.59. The van der Waals surface area contributed by atoms with E-state index in [2.05, 4.69) is 10.4 Å². The van der Waals surface area contributed by atoms with Gasteiger partial charge in [0.05, 0.1) is 18.4 Å². The molecule has 2 amide bonds. The minimum absolute atomic E-state index is 0.00343. The number of amides is 2. The van der Waals surface area contributed by atoms with E-state index in [9.17, 15) is 9.59 Å². The maximum absolute atomic E-state index is 11.8. The Hall–Kier alpha value is -2.05. The van der Waals surface area contributed by atoms with Gasteiger partial charge in [-0.3, -0.25) is 14.3 Å². The molecule has 0 radical (unpaired) electrons. The number of rotatable bonds is 3. The van der Waals surface area contributed by atoms with Gasteiger partial charge in [0.1, 0.15) is 5.69 Å². The highest BCUT2D eigenvalue weighted by atomic mass is 16.2. The molecule has 98 valence electrons. The monoisotopic (exact) mass is 251 g/mol. The highest BCUT2D eigenvalue weighted by Crippen LogP contribution is 2.09. The molecule has 1 aromatic heterocycles. The maximum atomic E-state index is 11.8. The van der Waals surface area contributed by atoms with Crippen molar-refractivity contribution >= 4 is 17.5 Å². The van der Waals surface area contributed by atoms with Gasteiger partial charge in [0, 0.05) is 20.1 Å². The van der Waals surface area contributed by atoms with Crippen molar-refractivity contribution in [2.75, 3.05) is 25.4 Å². The van der Waals surface area contributed by atoms with Crippen LogP contribution >= 0.6 is 0 Å². The van der Waals surface area contributed by atoms with Crippen molar-refractivity contribution in [2.24, 2.45) is 7.05 Å². The second kappa shape index (κ2) is 5.07. The molecule has 0 bridgehead atoms. The van der Waals surface area contributed by atoms with E-state index in [0.717, 1.165) is 25.9 Å². The Labute approximate surface area is 105 Å². The molecular weight excluding hydrogens is 234 g/mol. The third-order valence-corrected chi connectivity index (χ3v) is 3.04. The molecule has 0 aliphatic carbocycles. The van der Waals surface area contributed by atoms with Gasteiger partial charge < -0.3 is 16.0 Å². The molecule has 0 saturated carbocycles. The van der Waals surface area contributed by atoms with E-state index in [0.29, 0.717) is 5.69 Å². The number of anilines is 1. The summed E-state index contributed by atoms with van der Waals surface area (Å²) in [6, 6.07) is 0. The Kier molecular flexibility index (Phi) is 3.50. The van der Waals surface area contributed by atoms with Crippen LogP contribution in [-0.2, 0) is 11.8 Å². The molecule has 0 aromatic carbocycles. The summed E-state index contributed by atoms with van der Waals surface area (Å²) in [6.45, 7) is 1.56. The van der Waals surface area contributed by atoms with E-state index in [-0.39, 0.29) is 24.1 Å². The van der Waals surface area contributed by atoms with E-state index in [1.807, 2.05) is 0 Å². The largest absolute Gasteiger partial charge is 0.396 e. The van der Waals surface area contributed by atoms with E-state index in [4.69, 9.17) is 5.73 Å². The topological polar surface area (TPSA) is 93.2 Å². The smallest absolute Gasteiger partial charge is 0.272 e. The van der Waals surface area contributed by atoms with Crippen molar-refractivity contribution < 1.29 is 9.59 Å². The summed E-state index contributed by atoms with van der Waals surface area (Å²) < 4.78 is 1.39. The summed E-state index contributed by atoms with van der Waals surface area (Å²) in [7, 11) is 1.63. The molecule has 1 fully saturated rings. The second-order valence-electron chi connectivity index (χ2n) is 4.34. The normalized spacial score (nSPS) is 14.8. The lowest BCUT2D eigenvalue weighted by Crippen LogP contribution is -2.39. The van der Waals surface area contributed by atoms with Crippen molar-refractivity contribution in [3.8, 4) is 0 Å². The number of carbonyl (C=O) groups excluding carboxylic acids is 2. The number of hydrogen-bond acceptors (Lipinski definition) is 4. The van der Waals surface area contributed by atoms with Crippen LogP contribution < -0.4 is 11.1 Å². The first-order valence-electron chi connectivity index (χ1n) is 5.93. The lowest BCUT2D eigenvalue weighted by Gasteiger charge is -2.15. The van der Waals surface area contributed by atoms with Crippen LogP contribution in [0.1, 0.15) is 23.3 Å². The standard InChI is InChI=1S/C11H17N5O2/c1-15-10(8(12)6-14-15)11(18)13-7-9(17)16-4-2-3-5-16/h6H,2-5,7,12H2,1H3,(H,13,18). The molecule has 0 unspecified atom stereocenters. The first-order valence-corrected chi connectivity index (χ1v) is 5.93. The van der Waals surface area contributed by atoms with E-state index in [1.165, 1.54) is 10.9 Å². The van der Waals surface area contributed by atoms with Gasteiger partial charge in [0.25, 0.3) is 5.91 Å². The summed E-state index contributed by atoms with van der Waals surface area (Å²) >= 11 is 0. The Bertz CT molecular complexity index is 442. The van der Waals surface area contributed by atoms with Gasteiger partial charge >= 0.3 is 0 Å². The van der Waals surface area contributed by atoms with Crippen LogP contribution in [0.4, 0.5) is 5.69 Å². The number of likely N-dealkylation sites (tertiary alicyclic amines) is 1. The van der Waals surface area contributed by atoms with E-state index < -0.39 is 0 Å². The molecule has 1 aromatic rings. The minimum Gasteiger partial charge on any atom is -0.396 e. The van der Waals surface area contributed by atoms with Gasteiger partial charge in [-0.25, -0.2) is 0 Å². The van der Waals surface area contributed by atoms with Gasteiger partial charge in [-0.2, -0.15) is 5.10 Å². The molecule has 2 rings (SSSR count). The third kappa shape index (κ3) is 2.44. The second-order valence-corrected chi connectivity index (χ2v) is 4.34. The van der Waals surface area contributed by atoms with Crippen molar-refractivity contribution in [2.45, 2.75) is 12.8 Å². The molecule has 0 spiro atoms. The zero-order chi connectivity index (χ0) is 13.1. The first kappa shape index (κ1) is 12.4. The maximum Gasteiger partial charge on any atom is 0.272 e. The Morgan fingerprint density at radius 3 is 2.67 bits per heavy atom. The molecule has 1 aliphatic heterocycles. The van der Waals surface area contributed by atoms with Gasteiger partial charge in [-0.15, -0.1) is 0 Å². The van der Waals surface area contributed by atoms with Crippen molar-refractivity contribution in [1.29, 1.82) is 0 Å². The van der Waals surface area contributed by atoms with Gasteiger partial charge in [0.2, 0.25) is 5.91 Å². The SMILES string of the molecule is Cn1ncc(N)c1C(=O)NCC(=O)N1CCCC1. The number of aromatic nitrogens is 2. The lowest BCUT2D eigenvalue weighted by molar-refractivity contribution is -0.129. The number of aryl methyl sites for hydroxylation is 1. The number of nitrogens with zero attached hydrogens (tertiary/aromatic N) is 3. The molecular formula is C11H17N5O2. The molecule has 3 N–H and O–H groups in total. The summed E-state index contributed by atoms with van der Waals surface area (Å²) in [5, 5.41) is 6.45. The average molecular weight is 251 g/mol. The van der Waals surface area contributed by atoms with Crippen LogP contribution in [0.25, 0.3) is 0 Å². The van der Waals surface area contributed by atoms with Gasteiger partial charge in [0.15, 0.2) is 0 Å². The van der Waals surface area contributed by atoms with Crippen molar-refractivity contribution in [1.82, 2.24) is 20.0 Å². The molecule has 7 nitrogen and oxygen atoms in total. The fraction of sp³-hybridized carbons (Fsp3) is 0.545. The summed E-state index contributed by atoms with van der Waals surface area (Å²) in [5.41, 5.74) is 6.22. The third-order valence-electron chi connectivity index (χ3n) is 3.04. The zero-order valence-corrected chi connectivity index (χ0v) is 10.3. The minimum atomic E-state index is -0.375. The summed E-state index contributed by atoms with van der Waals surface area (Å²) in [5.74, 6) is -0.429. The predicted molar refractivity (Wildman–Crippen MR) is 65.8 cm³/mol. The van der Waals surface area contributed by atoms with Crippen LogP contribution in [-0.4, -0.2) is 46.1 Å². The number of hydrogen-bond donors (Lipinski definition) is 2.